The van der Waals surface area contributed by atoms with E-state index in [0.29, 0.717) is 16.2 Å². The number of aromatic nitrogens is 3. The fourth-order valence-corrected chi connectivity index (χ4v) is 2.40. The van der Waals surface area contributed by atoms with E-state index in [1.165, 1.54) is 4.40 Å². The largest absolute Gasteiger partial charge is 0.434 e. The van der Waals surface area contributed by atoms with Gasteiger partial charge in [-0.1, -0.05) is 0 Å². The number of imidazole rings is 1. The van der Waals surface area contributed by atoms with Crippen LogP contribution in [0.1, 0.15) is 30.1 Å². The van der Waals surface area contributed by atoms with Crippen molar-refractivity contribution >= 4 is 21.6 Å². The third-order valence-electron chi connectivity index (χ3n) is 2.73. The second kappa shape index (κ2) is 3.44. The van der Waals surface area contributed by atoms with Gasteiger partial charge in [0.1, 0.15) is 4.60 Å². The topological polar surface area (TPSA) is 30.2 Å². The third-order valence-corrected chi connectivity index (χ3v) is 3.52. The molecule has 3 rings (SSSR count). The van der Waals surface area contributed by atoms with E-state index in [9.17, 15) is 13.2 Å². The van der Waals surface area contributed by atoms with Crippen molar-refractivity contribution in [2.24, 2.45) is 0 Å². The summed E-state index contributed by atoms with van der Waals surface area (Å²) < 4.78 is 39.5. The summed E-state index contributed by atoms with van der Waals surface area (Å²) in [6, 6.07) is 0. The molecule has 3 nitrogen and oxygen atoms in total. The van der Waals surface area contributed by atoms with E-state index in [0.717, 1.165) is 30.9 Å². The molecule has 0 radical (unpaired) electrons. The molecular weight excluding hydrogens is 299 g/mol. The number of fused-ring (bicyclic) bond motifs is 1. The van der Waals surface area contributed by atoms with Crippen LogP contribution in [-0.4, -0.2) is 14.4 Å². The second-order valence-corrected chi connectivity index (χ2v) is 4.81. The Labute approximate surface area is 103 Å². The minimum atomic E-state index is -4.43. The molecule has 0 amide bonds. The van der Waals surface area contributed by atoms with Crippen molar-refractivity contribution in [3.05, 3.63) is 28.4 Å². The van der Waals surface area contributed by atoms with Crippen LogP contribution in [0.5, 0.6) is 0 Å². The number of nitrogens with zero attached hydrogens (tertiary/aromatic N) is 3. The van der Waals surface area contributed by atoms with Gasteiger partial charge in [0.15, 0.2) is 11.3 Å². The highest BCUT2D eigenvalue weighted by molar-refractivity contribution is 9.10. The van der Waals surface area contributed by atoms with Gasteiger partial charge in [-0.3, -0.25) is 4.40 Å². The lowest BCUT2D eigenvalue weighted by Crippen LogP contribution is -2.09. The molecule has 1 aliphatic rings. The van der Waals surface area contributed by atoms with Crippen LogP contribution in [0.15, 0.2) is 17.0 Å². The standard InChI is InChI=1S/C10H7BrF3N3/c11-9-8(5-1-2-5)16-7-3-15-6(4-17(7)9)10(12,13)14/h3-5H,1-2H2. The predicted molar refractivity (Wildman–Crippen MR) is 57.7 cm³/mol. The van der Waals surface area contributed by atoms with Gasteiger partial charge in [0.05, 0.1) is 11.9 Å². The van der Waals surface area contributed by atoms with Crippen molar-refractivity contribution < 1.29 is 13.2 Å². The molecule has 0 spiro atoms. The lowest BCUT2D eigenvalue weighted by Gasteiger charge is -2.05. The van der Waals surface area contributed by atoms with Crippen molar-refractivity contribution in [3.8, 4) is 0 Å². The Morgan fingerprint density at radius 1 is 1.35 bits per heavy atom. The zero-order chi connectivity index (χ0) is 12.2. The first kappa shape index (κ1) is 11.0. The highest BCUT2D eigenvalue weighted by atomic mass is 79.9. The van der Waals surface area contributed by atoms with Gasteiger partial charge in [0.25, 0.3) is 0 Å². The van der Waals surface area contributed by atoms with E-state index in [-0.39, 0.29) is 0 Å². The average molecular weight is 306 g/mol. The molecule has 2 heterocycles. The van der Waals surface area contributed by atoms with Gasteiger partial charge in [-0.05, 0) is 28.8 Å². The van der Waals surface area contributed by atoms with Crippen LogP contribution in [0, 0.1) is 0 Å². The van der Waals surface area contributed by atoms with Crippen LogP contribution in [0.3, 0.4) is 0 Å². The summed E-state index contributed by atoms with van der Waals surface area (Å²) in [6.07, 6.45) is -0.223. The molecule has 17 heavy (non-hydrogen) atoms. The quantitative estimate of drug-likeness (QED) is 0.808. The third kappa shape index (κ3) is 1.82. The molecule has 0 atom stereocenters. The summed E-state index contributed by atoms with van der Waals surface area (Å²) in [5.41, 5.74) is 0.350. The Bertz CT molecular complexity index is 586. The minimum Gasteiger partial charge on any atom is -0.290 e. The zero-order valence-electron chi connectivity index (χ0n) is 8.50. The molecule has 0 N–H and O–H groups in total. The molecular formula is C10H7BrF3N3. The highest BCUT2D eigenvalue weighted by Crippen LogP contribution is 2.43. The van der Waals surface area contributed by atoms with Crippen molar-refractivity contribution in [2.75, 3.05) is 0 Å². The molecule has 0 unspecified atom stereocenters. The van der Waals surface area contributed by atoms with Crippen LogP contribution in [0.4, 0.5) is 13.2 Å². The number of hydrogen-bond acceptors (Lipinski definition) is 2. The van der Waals surface area contributed by atoms with Gasteiger partial charge in [0, 0.05) is 12.1 Å². The average Bonchev–Trinajstić information content (AvgIpc) is 3.03. The first-order valence-corrected chi connectivity index (χ1v) is 5.87. The smallest absolute Gasteiger partial charge is 0.290 e. The van der Waals surface area contributed by atoms with Crippen molar-refractivity contribution in [2.45, 2.75) is 24.9 Å². The van der Waals surface area contributed by atoms with Crippen LogP contribution in [0.2, 0.25) is 0 Å². The molecule has 1 saturated carbocycles. The Morgan fingerprint density at radius 3 is 2.65 bits per heavy atom. The Balaban J connectivity index is 2.18. The number of hydrogen-bond donors (Lipinski definition) is 0. The summed E-state index contributed by atoms with van der Waals surface area (Å²) in [4.78, 5) is 7.67. The second-order valence-electron chi connectivity index (χ2n) is 4.06. The number of alkyl halides is 3. The summed E-state index contributed by atoms with van der Waals surface area (Å²) in [6.45, 7) is 0. The number of halogens is 4. The van der Waals surface area contributed by atoms with Crippen LogP contribution in [0.25, 0.3) is 5.65 Å². The van der Waals surface area contributed by atoms with Gasteiger partial charge >= 0.3 is 6.18 Å². The van der Waals surface area contributed by atoms with Gasteiger partial charge in [-0.15, -0.1) is 0 Å². The molecule has 0 saturated heterocycles. The van der Waals surface area contributed by atoms with Gasteiger partial charge in [-0.2, -0.15) is 13.2 Å². The van der Waals surface area contributed by atoms with E-state index in [1.54, 1.807) is 0 Å². The SMILES string of the molecule is FC(F)(F)c1cn2c(Br)c(C3CC3)nc2cn1. The molecule has 7 heteroatoms. The normalized spacial score (nSPS) is 16.7. The maximum atomic E-state index is 12.5. The highest BCUT2D eigenvalue weighted by Gasteiger charge is 2.34. The Hall–Kier alpha value is -1.11. The molecule has 1 fully saturated rings. The summed E-state index contributed by atoms with van der Waals surface area (Å²) in [5, 5.41) is 0. The predicted octanol–water partition coefficient (Wildman–Crippen LogP) is 3.39. The molecule has 2 aromatic rings. The maximum absolute atomic E-state index is 12.5. The first-order valence-electron chi connectivity index (χ1n) is 5.07. The first-order chi connectivity index (χ1) is 7.97. The summed E-state index contributed by atoms with van der Waals surface area (Å²) in [5.74, 6) is 0.374. The summed E-state index contributed by atoms with van der Waals surface area (Å²) >= 11 is 3.30. The summed E-state index contributed by atoms with van der Waals surface area (Å²) in [7, 11) is 0. The van der Waals surface area contributed by atoms with Crippen molar-refractivity contribution in [1.29, 1.82) is 0 Å². The van der Waals surface area contributed by atoms with Crippen LogP contribution < -0.4 is 0 Å². The Kier molecular flexibility index (Phi) is 2.23. The number of rotatable bonds is 1. The fraction of sp³-hybridized carbons (Fsp3) is 0.400. The maximum Gasteiger partial charge on any atom is 0.434 e. The zero-order valence-corrected chi connectivity index (χ0v) is 10.1. The molecule has 90 valence electrons. The lowest BCUT2D eigenvalue weighted by atomic mass is 10.3. The van der Waals surface area contributed by atoms with E-state index < -0.39 is 11.9 Å². The molecule has 2 aromatic heterocycles. The van der Waals surface area contributed by atoms with E-state index in [4.69, 9.17) is 0 Å². The molecule has 0 bridgehead atoms. The fourth-order valence-electron chi connectivity index (χ4n) is 1.71. The lowest BCUT2D eigenvalue weighted by molar-refractivity contribution is -0.141. The molecule has 1 aliphatic carbocycles. The van der Waals surface area contributed by atoms with E-state index in [1.807, 2.05) is 0 Å². The molecule has 0 aromatic carbocycles. The monoisotopic (exact) mass is 305 g/mol. The minimum absolute atomic E-state index is 0.374. The van der Waals surface area contributed by atoms with Crippen LogP contribution in [-0.2, 0) is 6.18 Å². The Morgan fingerprint density at radius 2 is 2.06 bits per heavy atom. The van der Waals surface area contributed by atoms with Crippen molar-refractivity contribution in [1.82, 2.24) is 14.4 Å². The van der Waals surface area contributed by atoms with E-state index in [2.05, 4.69) is 25.9 Å². The van der Waals surface area contributed by atoms with Crippen molar-refractivity contribution in [3.63, 3.8) is 0 Å². The van der Waals surface area contributed by atoms with Gasteiger partial charge < -0.3 is 0 Å². The van der Waals surface area contributed by atoms with E-state index >= 15 is 0 Å². The van der Waals surface area contributed by atoms with Crippen LogP contribution >= 0.6 is 15.9 Å². The van der Waals surface area contributed by atoms with Gasteiger partial charge in [0.2, 0.25) is 0 Å². The van der Waals surface area contributed by atoms with Gasteiger partial charge in [-0.25, -0.2) is 9.97 Å². The molecule has 0 aliphatic heterocycles.